The van der Waals surface area contributed by atoms with Gasteiger partial charge in [0.15, 0.2) is 6.61 Å². The van der Waals surface area contributed by atoms with Crippen LogP contribution in [0.4, 0.5) is 8.78 Å². The molecular formula is C21H24F2N2O7S. The number of hydrogen-bond donors (Lipinski definition) is 1. The maximum atomic E-state index is 12.4. The van der Waals surface area contributed by atoms with E-state index in [4.69, 9.17) is 9.47 Å². The van der Waals surface area contributed by atoms with Gasteiger partial charge in [-0.3, -0.25) is 4.79 Å². The van der Waals surface area contributed by atoms with Crippen molar-refractivity contribution in [2.24, 2.45) is 0 Å². The number of ether oxygens (including phenoxy) is 3. The van der Waals surface area contributed by atoms with Crippen molar-refractivity contribution in [2.45, 2.75) is 17.9 Å². The summed E-state index contributed by atoms with van der Waals surface area (Å²) in [5, 5.41) is 2.56. The number of amides is 1. The molecular weight excluding hydrogens is 462 g/mol. The molecule has 2 rings (SSSR count). The summed E-state index contributed by atoms with van der Waals surface area (Å²) in [6.07, 6.45) is 0.416. The van der Waals surface area contributed by atoms with Crippen molar-refractivity contribution in [1.29, 1.82) is 0 Å². The van der Waals surface area contributed by atoms with Gasteiger partial charge in [0.25, 0.3) is 5.91 Å². The van der Waals surface area contributed by atoms with Crippen molar-refractivity contribution >= 4 is 21.9 Å². The zero-order valence-electron chi connectivity index (χ0n) is 18.2. The topological polar surface area (TPSA) is 111 Å². The Morgan fingerprint density at radius 3 is 2.33 bits per heavy atom. The molecule has 1 N–H and O–H groups in total. The van der Waals surface area contributed by atoms with E-state index in [2.05, 4.69) is 10.1 Å². The molecule has 0 aliphatic heterocycles. The zero-order chi connectivity index (χ0) is 24.6. The molecule has 33 heavy (non-hydrogen) atoms. The van der Waals surface area contributed by atoms with Crippen LogP contribution in [-0.2, 0) is 26.0 Å². The number of nitrogens with one attached hydrogen (secondary N) is 1. The number of benzene rings is 2. The largest absolute Gasteiger partial charge is 0.495 e. The molecule has 0 aromatic heterocycles. The molecule has 0 aliphatic rings. The van der Waals surface area contributed by atoms with E-state index in [0.717, 1.165) is 15.9 Å². The van der Waals surface area contributed by atoms with E-state index in [9.17, 15) is 26.8 Å². The highest BCUT2D eigenvalue weighted by molar-refractivity contribution is 7.89. The predicted octanol–water partition coefficient (Wildman–Crippen LogP) is 2.06. The number of carbonyl (C=O) groups excluding carboxylic acids is 2. The Balaban J connectivity index is 1.88. The van der Waals surface area contributed by atoms with Crippen LogP contribution in [0.2, 0.25) is 0 Å². The predicted molar refractivity (Wildman–Crippen MR) is 114 cm³/mol. The summed E-state index contributed by atoms with van der Waals surface area (Å²) in [5.74, 6) is -1.34. The Morgan fingerprint density at radius 1 is 1.09 bits per heavy atom. The van der Waals surface area contributed by atoms with Gasteiger partial charge in [-0.2, -0.15) is 8.78 Å². The molecule has 1 amide bonds. The summed E-state index contributed by atoms with van der Waals surface area (Å²) in [5.41, 5.74) is 0.719. The van der Waals surface area contributed by atoms with Crippen LogP contribution in [0.5, 0.6) is 11.5 Å². The lowest BCUT2D eigenvalue weighted by Gasteiger charge is -2.15. The normalized spacial score (nSPS) is 11.4. The summed E-state index contributed by atoms with van der Waals surface area (Å²) in [4.78, 5) is 24.0. The van der Waals surface area contributed by atoms with E-state index in [0.29, 0.717) is 6.42 Å². The number of halogens is 2. The van der Waals surface area contributed by atoms with Crippen LogP contribution in [0.1, 0.15) is 15.9 Å². The Kier molecular flexibility index (Phi) is 9.12. The van der Waals surface area contributed by atoms with E-state index in [1.165, 1.54) is 45.5 Å². The van der Waals surface area contributed by atoms with Crippen molar-refractivity contribution in [3.63, 3.8) is 0 Å². The lowest BCUT2D eigenvalue weighted by atomic mass is 10.1. The standard InChI is InChI=1S/C21H24F2N2O7S/c1-25(2)33(28,29)18-12-15(6-9-17(18)30-3)20(27)31-13-19(26)24-11-10-14-4-7-16(8-5-14)32-21(22)23/h4-9,12,21H,10-11,13H2,1-3H3,(H,24,26). The fraction of sp³-hybridized carbons (Fsp3) is 0.333. The van der Waals surface area contributed by atoms with Gasteiger partial charge in [-0.05, 0) is 42.3 Å². The van der Waals surface area contributed by atoms with Crippen LogP contribution in [0.15, 0.2) is 47.4 Å². The number of sulfonamides is 1. The summed E-state index contributed by atoms with van der Waals surface area (Å²) in [6, 6.07) is 9.74. The maximum absolute atomic E-state index is 12.4. The molecule has 2 aromatic carbocycles. The molecule has 9 nitrogen and oxygen atoms in total. The molecule has 180 valence electrons. The fourth-order valence-corrected chi connectivity index (χ4v) is 3.73. The third kappa shape index (κ3) is 7.39. The Bertz CT molecular complexity index is 1070. The highest BCUT2D eigenvalue weighted by Crippen LogP contribution is 2.27. The minimum absolute atomic E-state index is 0.0322. The van der Waals surface area contributed by atoms with E-state index in [1.807, 2.05) is 0 Å². The molecule has 0 saturated heterocycles. The minimum Gasteiger partial charge on any atom is -0.495 e. The van der Waals surface area contributed by atoms with Crippen LogP contribution < -0.4 is 14.8 Å². The number of alkyl halides is 2. The highest BCUT2D eigenvalue weighted by Gasteiger charge is 2.24. The molecule has 0 radical (unpaired) electrons. The van der Waals surface area contributed by atoms with Crippen LogP contribution in [-0.4, -0.2) is 65.6 Å². The second-order valence-electron chi connectivity index (χ2n) is 6.85. The maximum Gasteiger partial charge on any atom is 0.387 e. The SMILES string of the molecule is COc1ccc(C(=O)OCC(=O)NCCc2ccc(OC(F)F)cc2)cc1S(=O)(=O)N(C)C. The number of carbonyl (C=O) groups is 2. The average Bonchev–Trinajstić information content (AvgIpc) is 2.77. The quantitative estimate of drug-likeness (QED) is 0.484. The summed E-state index contributed by atoms with van der Waals surface area (Å²) < 4.78 is 64.4. The molecule has 12 heteroatoms. The number of nitrogens with zero attached hydrogens (tertiary/aromatic N) is 1. The monoisotopic (exact) mass is 486 g/mol. The summed E-state index contributed by atoms with van der Waals surface area (Å²) in [6.45, 7) is -3.25. The lowest BCUT2D eigenvalue weighted by Crippen LogP contribution is -2.30. The summed E-state index contributed by atoms with van der Waals surface area (Å²) >= 11 is 0. The van der Waals surface area contributed by atoms with Gasteiger partial charge in [0.2, 0.25) is 10.0 Å². The van der Waals surface area contributed by atoms with Gasteiger partial charge in [0.1, 0.15) is 16.4 Å². The van der Waals surface area contributed by atoms with Crippen LogP contribution >= 0.6 is 0 Å². The van der Waals surface area contributed by atoms with Crippen molar-refractivity contribution < 1.29 is 41.0 Å². The first-order valence-electron chi connectivity index (χ1n) is 9.62. The molecule has 0 aliphatic carbocycles. The van der Waals surface area contributed by atoms with Gasteiger partial charge in [-0.25, -0.2) is 17.5 Å². The molecule has 2 aromatic rings. The minimum atomic E-state index is -3.88. The van der Waals surface area contributed by atoms with E-state index in [1.54, 1.807) is 12.1 Å². The van der Waals surface area contributed by atoms with Gasteiger partial charge < -0.3 is 19.5 Å². The zero-order valence-corrected chi connectivity index (χ0v) is 19.0. The first-order valence-corrected chi connectivity index (χ1v) is 11.1. The molecule has 0 unspecified atom stereocenters. The van der Waals surface area contributed by atoms with Crippen molar-refractivity contribution in [3.05, 3.63) is 53.6 Å². The van der Waals surface area contributed by atoms with Gasteiger partial charge in [-0.1, -0.05) is 12.1 Å². The molecule has 0 atom stereocenters. The van der Waals surface area contributed by atoms with Crippen LogP contribution in [0.3, 0.4) is 0 Å². The molecule has 0 spiro atoms. The van der Waals surface area contributed by atoms with Gasteiger partial charge in [0, 0.05) is 20.6 Å². The van der Waals surface area contributed by atoms with Crippen molar-refractivity contribution in [1.82, 2.24) is 9.62 Å². The average molecular weight is 486 g/mol. The molecule has 0 saturated carbocycles. The second kappa shape index (κ2) is 11.6. The Morgan fingerprint density at radius 2 is 1.76 bits per heavy atom. The first kappa shape index (κ1) is 26.0. The number of rotatable bonds is 11. The van der Waals surface area contributed by atoms with Crippen molar-refractivity contribution in [2.75, 3.05) is 34.4 Å². The number of esters is 1. The van der Waals surface area contributed by atoms with Gasteiger partial charge >= 0.3 is 12.6 Å². The van der Waals surface area contributed by atoms with Gasteiger partial charge in [-0.15, -0.1) is 0 Å². The number of methoxy groups -OCH3 is 1. The number of hydrogen-bond acceptors (Lipinski definition) is 7. The smallest absolute Gasteiger partial charge is 0.387 e. The fourth-order valence-electron chi connectivity index (χ4n) is 2.65. The molecule has 0 fully saturated rings. The summed E-state index contributed by atoms with van der Waals surface area (Å²) in [7, 11) is 0.111. The third-order valence-electron chi connectivity index (χ3n) is 4.38. The highest BCUT2D eigenvalue weighted by atomic mass is 32.2. The second-order valence-corrected chi connectivity index (χ2v) is 8.97. The first-order chi connectivity index (χ1) is 15.5. The molecule has 0 heterocycles. The molecule has 0 bridgehead atoms. The lowest BCUT2D eigenvalue weighted by molar-refractivity contribution is -0.124. The van der Waals surface area contributed by atoms with E-state index in [-0.39, 0.29) is 28.5 Å². The van der Waals surface area contributed by atoms with Crippen molar-refractivity contribution in [3.8, 4) is 11.5 Å². The van der Waals surface area contributed by atoms with Gasteiger partial charge in [0.05, 0.1) is 12.7 Å². The third-order valence-corrected chi connectivity index (χ3v) is 6.21. The van der Waals surface area contributed by atoms with E-state index < -0.39 is 35.1 Å². The van der Waals surface area contributed by atoms with Crippen LogP contribution in [0, 0.1) is 0 Å². The Hall–Kier alpha value is -3.25. The van der Waals surface area contributed by atoms with Crippen LogP contribution in [0.25, 0.3) is 0 Å². The van der Waals surface area contributed by atoms with E-state index >= 15 is 0 Å². The Labute approximate surface area is 190 Å².